The number of benzene rings is 4. The van der Waals surface area contributed by atoms with E-state index in [0.29, 0.717) is 13.1 Å². The Balaban J connectivity index is 1.62. The molecule has 0 unspecified atom stereocenters. The van der Waals surface area contributed by atoms with E-state index < -0.39 is 6.10 Å². The molecule has 0 amide bonds. The second-order valence-electron chi connectivity index (χ2n) is 9.88. The number of rotatable bonds is 7. The highest BCUT2D eigenvalue weighted by molar-refractivity contribution is 6.06. The number of nitrogens with zero attached hydrogens (tertiary/aromatic N) is 1. The monoisotopic (exact) mass is 474 g/mol. The van der Waals surface area contributed by atoms with E-state index in [1.54, 1.807) is 0 Å². The molecule has 0 aliphatic carbocycles. The van der Waals surface area contributed by atoms with E-state index in [1.165, 1.54) is 44.3 Å². The standard InChI is InChI=1S/C33H34N2O/c1-22-17-25(4)32-30(18-22)31(26-11-7-5-8-12-26)33(27-13-9-6-10-14-27)35(32)21-29(36)20-34-28-16-15-23(2)24(3)19-28/h5-19,29,34,36H,20-21H2,1-4H3/t29-/m0/s1. The van der Waals surface area contributed by atoms with E-state index in [-0.39, 0.29) is 0 Å². The van der Waals surface area contributed by atoms with E-state index >= 15 is 0 Å². The summed E-state index contributed by atoms with van der Waals surface area (Å²) in [7, 11) is 0. The highest BCUT2D eigenvalue weighted by Crippen LogP contribution is 2.42. The Bertz CT molecular complexity index is 1500. The van der Waals surface area contributed by atoms with Gasteiger partial charge >= 0.3 is 0 Å². The number of anilines is 1. The van der Waals surface area contributed by atoms with Crippen LogP contribution in [0.15, 0.2) is 91.0 Å². The second kappa shape index (κ2) is 10.0. The molecule has 0 spiro atoms. The molecule has 0 aliphatic heterocycles. The molecule has 5 rings (SSSR count). The molecule has 0 radical (unpaired) electrons. The average molecular weight is 475 g/mol. The van der Waals surface area contributed by atoms with Crippen LogP contribution in [-0.2, 0) is 6.54 Å². The molecular formula is C33H34N2O. The van der Waals surface area contributed by atoms with Crippen LogP contribution in [0, 0.1) is 27.7 Å². The molecule has 3 nitrogen and oxygen atoms in total. The van der Waals surface area contributed by atoms with Crippen LogP contribution >= 0.6 is 0 Å². The first kappa shape index (κ1) is 23.9. The third kappa shape index (κ3) is 4.67. The van der Waals surface area contributed by atoms with Gasteiger partial charge in [-0.25, -0.2) is 0 Å². The van der Waals surface area contributed by atoms with Gasteiger partial charge in [0.1, 0.15) is 0 Å². The quantitative estimate of drug-likeness (QED) is 0.254. The van der Waals surface area contributed by atoms with Crippen molar-refractivity contribution in [2.45, 2.75) is 40.3 Å². The smallest absolute Gasteiger partial charge is 0.0891 e. The largest absolute Gasteiger partial charge is 0.389 e. The molecule has 1 atom stereocenters. The van der Waals surface area contributed by atoms with Gasteiger partial charge in [0.2, 0.25) is 0 Å². The number of aliphatic hydroxyl groups is 1. The lowest BCUT2D eigenvalue weighted by atomic mass is 9.97. The number of aryl methyl sites for hydroxylation is 4. The lowest BCUT2D eigenvalue weighted by molar-refractivity contribution is 0.169. The van der Waals surface area contributed by atoms with Crippen molar-refractivity contribution in [1.82, 2.24) is 4.57 Å². The summed E-state index contributed by atoms with van der Waals surface area (Å²) in [6, 6.07) is 32.0. The number of fused-ring (bicyclic) bond motifs is 1. The van der Waals surface area contributed by atoms with Crippen molar-refractivity contribution in [2.75, 3.05) is 11.9 Å². The van der Waals surface area contributed by atoms with E-state index in [1.807, 2.05) is 0 Å². The summed E-state index contributed by atoms with van der Waals surface area (Å²) in [4.78, 5) is 0. The third-order valence-electron chi connectivity index (χ3n) is 7.04. The van der Waals surface area contributed by atoms with Crippen molar-refractivity contribution in [1.29, 1.82) is 0 Å². The number of hydrogen-bond acceptors (Lipinski definition) is 2. The zero-order chi connectivity index (χ0) is 25.2. The van der Waals surface area contributed by atoms with Crippen LogP contribution in [0.25, 0.3) is 33.3 Å². The van der Waals surface area contributed by atoms with Gasteiger partial charge in [0, 0.05) is 23.2 Å². The van der Waals surface area contributed by atoms with Gasteiger partial charge in [-0.1, -0.05) is 78.4 Å². The summed E-state index contributed by atoms with van der Waals surface area (Å²) in [6.45, 7) is 9.53. The first-order chi connectivity index (χ1) is 17.4. The molecule has 5 aromatic rings. The maximum atomic E-state index is 11.3. The molecule has 0 bridgehead atoms. The predicted octanol–water partition coefficient (Wildman–Crippen LogP) is 7.68. The van der Waals surface area contributed by atoms with Crippen LogP contribution in [0.5, 0.6) is 0 Å². The zero-order valence-corrected chi connectivity index (χ0v) is 21.5. The molecule has 2 N–H and O–H groups in total. The fourth-order valence-electron chi connectivity index (χ4n) is 5.22. The molecule has 4 aromatic carbocycles. The minimum Gasteiger partial charge on any atom is -0.389 e. The van der Waals surface area contributed by atoms with Gasteiger partial charge < -0.3 is 15.0 Å². The van der Waals surface area contributed by atoms with Crippen molar-refractivity contribution in [2.24, 2.45) is 0 Å². The van der Waals surface area contributed by atoms with E-state index in [2.05, 4.69) is 129 Å². The highest BCUT2D eigenvalue weighted by atomic mass is 16.3. The second-order valence-corrected chi connectivity index (χ2v) is 9.88. The molecule has 0 saturated heterocycles. The van der Waals surface area contributed by atoms with Crippen molar-refractivity contribution in [3.05, 3.63) is 113 Å². The summed E-state index contributed by atoms with van der Waals surface area (Å²) < 4.78 is 2.33. The fraction of sp³-hybridized carbons (Fsp3) is 0.212. The van der Waals surface area contributed by atoms with Crippen LogP contribution in [0.2, 0.25) is 0 Å². The van der Waals surface area contributed by atoms with Crippen LogP contribution in [-0.4, -0.2) is 22.3 Å². The lowest BCUT2D eigenvalue weighted by Crippen LogP contribution is -2.25. The lowest BCUT2D eigenvalue weighted by Gasteiger charge is -2.19. The minimum atomic E-state index is -0.561. The molecule has 36 heavy (non-hydrogen) atoms. The Kier molecular flexibility index (Phi) is 6.67. The number of aromatic nitrogens is 1. The summed E-state index contributed by atoms with van der Waals surface area (Å²) in [5, 5.41) is 15.9. The van der Waals surface area contributed by atoms with E-state index in [0.717, 1.165) is 16.9 Å². The van der Waals surface area contributed by atoms with Crippen molar-refractivity contribution in [3.8, 4) is 22.4 Å². The van der Waals surface area contributed by atoms with Crippen LogP contribution in [0.3, 0.4) is 0 Å². The van der Waals surface area contributed by atoms with E-state index in [4.69, 9.17) is 0 Å². The Hall–Kier alpha value is -3.82. The molecule has 0 saturated carbocycles. The zero-order valence-electron chi connectivity index (χ0n) is 21.5. The summed E-state index contributed by atoms with van der Waals surface area (Å²) in [5.74, 6) is 0. The van der Waals surface area contributed by atoms with Gasteiger partial charge in [-0.3, -0.25) is 0 Å². The Morgan fingerprint density at radius 2 is 1.39 bits per heavy atom. The molecule has 3 heteroatoms. The average Bonchev–Trinajstić information content (AvgIpc) is 3.19. The molecule has 0 aliphatic rings. The van der Waals surface area contributed by atoms with Gasteiger partial charge in [-0.05, 0) is 73.7 Å². The van der Waals surface area contributed by atoms with Crippen LogP contribution in [0.4, 0.5) is 5.69 Å². The first-order valence-corrected chi connectivity index (χ1v) is 12.7. The van der Waals surface area contributed by atoms with Gasteiger partial charge in [0.15, 0.2) is 0 Å². The molecule has 1 heterocycles. The normalized spacial score (nSPS) is 12.1. The molecule has 182 valence electrons. The Labute approximate surface area is 214 Å². The van der Waals surface area contributed by atoms with Gasteiger partial charge in [0.05, 0.1) is 23.9 Å². The summed E-state index contributed by atoms with van der Waals surface area (Å²) in [5.41, 5.74) is 11.9. The minimum absolute atomic E-state index is 0.474. The Morgan fingerprint density at radius 1 is 0.722 bits per heavy atom. The van der Waals surface area contributed by atoms with Crippen LogP contribution in [0.1, 0.15) is 22.3 Å². The molecular weight excluding hydrogens is 440 g/mol. The topological polar surface area (TPSA) is 37.2 Å². The summed E-state index contributed by atoms with van der Waals surface area (Å²) in [6.07, 6.45) is -0.561. The van der Waals surface area contributed by atoms with Crippen molar-refractivity contribution < 1.29 is 5.11 Å². The fourth-order valence-corrected chi connectivity index (χ4v) is 5.22. The number of hydrogen-bond donors (Lipinski definition) is 2. The molecule has 1 aromatic heterocycles. The van der Waals surface area contributed by atoms with Crippen molar-refractivity contribution >= 4 is 16.6 Å². The number of aliphatic hydroxyl groups excluding tert-OH is 1. The molecule has 0 fully saturated rings. The van der Waals surface area contributed by atoms with Gasteiger partial charge in [0.25, 0.3) is 0 Å². The highest BCUT2D eigenvalue weighted by Gasteiger charge is 2.23. The van der Waals surface area contributed by atoms with Crippen LogP contribution < -0.4 is 5.32 Å². The maximum absolute atomic E-state index is 11.3. The Morgan fingerprint density at radius 3 is 2.06 bits per heavy atom. The van der Waals surface area contributed by atoms with Gasteiger partial charge in [-0.2, -0.15) is 0 Å². The van der Waals surface area contributed by atoms with Gasteiger partial charge in [-0.15, -0.1) is 0 Å². The van der Waals surface area contributed by atoms with Crippen molar-refractivity contribution in [3.63, 3.8) is 0 Å². The maximum Gasteiger partial charge on any atom is 0.0891 e. The summed E-state index contributed by atoms with van der Waals surface area (Å²) >= 11 is 0. The first-order valence-electron chi connectivity index (χ1n) is 12.7. The van der Waals surface area contributed by atoms with E-state index in [9.17, 15) is 5.11 Å². The predicted molar refractivity (Wildman–Crippen MR) is 153 cm³/mol. The SMILES string of the molecule is Cc1cc(C)c2c(c1)c(-c1ccccc1)c(-c1ccccc1)n2C[C@@H](O)CNc1ccc(C)c(C)c1. The third-order valence-corrected chi connectivity index (χ3v) is 7.04. The number of nitrogens with one attached hydrogen (secondary N) is 1.